The molecule has 3 aromatic carbocycles. The van der Waals surface area contributed by atoms with E-state index in [9.17, 15) is 14.4 Å². The molecule has 1 heterocycles. The number of anilines is 3. The maximum atomic E-state index is 12.8. The maximum absolute atomic E-state index is 12.8. The van der Waals surface area contributed by atoms with Crippen LogP contribution >= 0.6 is 11.3 Å². The van der Waals surface area contributed by atoms with Crippen LogP contribution in [-0.4, -0.2) is 24.3 Å². The summed E-state index contributed by atoms with van der Waals surface area (Å²) in [7, 11) is 0. The van der Waals surface area contributed by atoms with Crippen molar-refractivity contribution in [3.63, 3.8) is 0 Å². The third-order valence-corrected chi connectivity index (χ3v) is 6.27. The molecule has 35 heavy (non-hydrogen) atoms. The third-order valence-electron chi connectivity index (χ3n) is 5.40. The topological polar surface area (TPSA) is 78.5 Å². The van der Waals surface area contributed by atoms with Crippen LogP contribution in [0.3, 0.4) is 0 Å². The van der Waals surface area contributed by atoms with Crippen LogP contribution in [-0.2, 0) is 11.2 Å². The molecule has 176 valence electrons. The Hall–Kier alpha value is -4.23. The van der Waals surface area contributed by atoms with Crippen molar-refractivity contribution in [2.24, 2.45) is 0 Å². The van der Waals surface area contributed by atoms with E-state index in [2.05, 4.69) is 10.6 Å². The van der Waals surface area contributed by atoms with Crippen molar-refractivity contribution in [1.82, 2.24) is 0 Å². The zero-order valence-corrected chi connectivity index (χ0v) is 20.0. The van der Waals surface area contributed by atoms with Crippen LogP contribution in [0.4, 0.5) is 17.1 Å². The van der Waals surface area contributed by atoms with Crippen LogP contribution in [0.1, 0.15) is 32.5 Å². The highest BCUT2D eigenvalue weighted by molar-refractivity contribution is 7.12. The first-order chi connectivity index (χ1) is 17.0. The van der Waals surface area contributed by atoms with Gasteiger partial charge in [-0.2, -0.15) is 0 Å². The Kier molecular flexibility index (Phi) is 7.70. The summed E-state index contributed by atoms with van der Waals surface area (Å²) >= 11 is 1.37. The van der Waals surface area contributed by atoms with E-state index in [1.54, 1.807) is 47.4 Å². The van der Waals surface area contributed by atoms with E-state index in [-0.39, 0.29) is 24.1 Å². The average molecular weight is 484 g/mol. The number of likely N-dealkylation sites (N-methyl/N-ethyl adjacent to an activating group) is 1. The van der Waals surface area contributed by atoms with Gasteiger partial charge in [0.25, 0.3) is 11.8 Å². The Labute approximate surface area is 208 Å². The van der Waals surface area contributed by atoms with Crippen LogP contribution < -0.4 is 15.5 Å². The van der Waals surface area contributed by atoms with E-state index in [0.717, 1.165) is 11.3 Å². The first-order valence-electron chi connectivity index (χ1n) is 11.2. The van der Waals surface area contributed by atoms with E-state index in [0.29, 0.717) is 28.4 Å². The van der Waals surface area contributed by atoms with Gasteiger partial charge in [-0.15, -0.1) is 11.3 Å². The molecule has 0 bridgehead atoms. The molecule has 0 aliphatic rings. The molecule has 0 spiro atoms. The fourth-order valence-electron chi connectivity index (χ4n) is 3.60. The number of carbonyl (C=O) groups is 3. The van der Waals surface area contributed by atoms with Crippen LogP contribution in [0.5, 0.6) is 0 Å². The smallest absolute Gasteiger partial charge is 0.265 e. The van der Waals surface area contributed by atoms with E-state index in [1.807, 2.05) is 60.8 Å². The summed E-state index contributed by atoms with van der Waals surface area (Å²) in [5, 5.41) is 7.52. The fraction of sp³-hybridized carbons (Fsp3) is 0.107. The highest BCUT2D eigenvalue weighted by Gasteiger charge is 2.14. The molecule has 0 saturated carbocycles. The number of carbonyl (C=O) groups excluding carboxylic acids is 3. The van der Waals surface area contributed by atoms with E-state index < -0.39 is 0 Å². The summed E-state index contributed by atoms with van der Waals surface area (Å²) in [4.78, 5) is 39.9. The van der Waals surface area contributed by atoms with Crippen molar-refractivity contribution in [3.05, 3.63) is 112 Å². The second kappa shape index (κ2) is 11.3. The van der Waals surface area contributed by atoms with Crippen molar-refractivity contribution in [2.45, 2.75) is 13.3 Å². The molecule has 6 nitrogen and oxygen atoms in total. The van der Waals surface area contributed by atoms with Gasteiger partial charge in [0.2, 0.25) is 5.91 Å². The number of amides is 3. The normalized spacial score (nSPS) is 10.4. The SMILES string of the molecule is CCN(C(=O)Cc1ccc(NC(=O)c2ccc(NC(=O)c3cccs3)cc2)cc1)c1ccccc1. The number of nitrogens with zero attached hydrogens (tertiary/aromatic N) is 1. The lowest BCUT2D eigenvalue weighted by Crippen LogP contribution is -2.31. The average Bonchev–Trinajstić information content (AvgIpc) is 3.42. The molecule has 4 rings (SSSR count). The van der Waals surface area contributed by atoms with E-state index in [1.165, 1.54) is 11.3 Å². The molecule has 0 fully saturated rings. The first kappa shape index (κ1) is 23.9. The number of hydrogen-bond donors (Lipinski definition) is 2. The third kappa shape index (κ3) is 6.22. The van der Waals surface area contributed by atoms with Crippen molar-refractivity contribution >= 4 is 46.1 Å². The Balaban J connectivity index is 1.33. The van der Waals surface area contributed by atoms with Crippen LogP contribution in [0.25, 0.3) is 0 Å². The molecule has 1 aromatic heterocycles. The van der Waals surface area contributed by atoms with E-state index in [4.69, 9.17) is 0 Å². The van der Waals surface area contributed by atoms with Gasteiger partial charge in [0.1, 0.15) is 0 Å². The highest BCUT2D eigenvalue weighted by atomic mass is 32.1. The predicted octanol–water partition coefficient (Wildman–Crippen LogP) is 5.85. The van der Waals surface area contributed by atoms with Crippen molar-refractivity contribution in [1.29, 1.82) is 0 Å². The number of para-hydroxylation sites is 1. The monoisotopic (exact) mass is 483 g/mol. The fourth-order valence-corrected chi connectivity index (χ4v) is 4.21. The van der Waals surface area contributed by atoms with Gasteiger partial charge in [0.15, 0.2) is 0 Å². The van der Waals surface area contributed by atoms with Crippen LogP contribution in [0.15, 0.2) is 96.4 Å². The largest absolute Gasteiger partial charge is 0.322 e. The molecule has 0 saturated heterocycles. The number of benzene rings is 3. The molecule has 3 amide bonds. The standard InChI is InChI=1S/C28H25N3O3S/c1-2-31(24-7-4-3-5-8-24)26(32)19-20-10-14-22(15-11-20)29-27(33)21-12-16-23(17-13-21)30-28(34)25-9-6-18-35-25/h3-18H,2,19H2,1H3,(H,29,33)(H,30,34). The lowest BCUT2D eigenvalue weighted by molar-refractivity contribution is -0.117. The molecule has 0 atom stereocenters. The van der Waals surface area contributed by atoms with Gasteiger partial charge in [-0.1, -0.05) is 36.4 Å². The second-order valence-corrected chi connectivity index (χ2v) is 8.76. The van der Waals surface area contributed by atoms with Gasteiger partial charge in [-0.05, 0) is 72.5 Å². The summed E-state index contributed by atoms with van der Waals surface area (Å²) in [6.45, 7) is 2.54. The Morgan fingerprint density at radius 3 is 1.97 bits per heavy atom. The number of hydrogen-bond acceptors (Lipinski definition) is 4. The molecule has 4 aromatic rings. The van der Waals surface area contributed by atoms with Gasteiger partial charge in [-0.3, -0.25) is 14.4 Å². The lowest BCUT2D eigenvalue weighted by Gasteiger charge is -2.21. The van der Waals surface area contributed by atoms with Gasteiger partial charge < -0.3 is 15.5 Å². The summed E-state index contributed by atoms with van der Waals surface area (Å²) < 4.78 is 0. The molecular weight excluding hydrogens is 458 g/mol. The zero-order valence-electron chi connectivity index (χ0n) is 19.2. The number of rotatable bonds is 8. The van der Waals surface area contributed by atoms with Crippen LogP contribution in [0.2, 0.25) is 0 Å². The molecular formula is C28H25N3O3S. The molecule has 7 heteroatoms. The molecule has 0 radical (unpaired) electrons. The van der Waals surface area contributed by atoms with E-state index >= 15 is 0 Å². The Morgan fingerprint density at radius 1 is 0.743 bits per heavy atom. The first-order valence-corrected chi connectivity index (χ1v) is 12.1. The Bertz CT molecular complexity index is 1290. The van der Waals surface area contributed by atoms with Gasteiger partial charge >= 0.3 is 0 Å². The molecule has 2 N–H and O–H groups in total. The minimum Gasteiger partial charge on any atom is -0.322 e. The van der Waals surface area contributed by atoms with Crippen LogP contribution in [0, 0.1) is 0 Å². The van der Waals surface area contributed by atoms with Crippen molar-refractivity contribution < 1.29 is 14.4 Å². The molecule has 0 aliphatic carbocycles. The number of thiophene rings is 1. The zero-order chi connectivity index (χ0) is 24.6. The lowest BCUT2D eigenvalue weighted by atomic mass is 10.1. The predicted molar refractivity (Wildman–Crippen MR) is 141 cm³/mol. The van der Waals surface area contributed by atoms with Gasteiger partial charge in [0, 0.05) is 29.2 Å². The van der Waals surface area contributed by atoms with Gasteiger partial charge in [-0.25, -0.2) is 0 Å². The quantitative estimate of drug-likeness (QED) is 0.330. The van der Waals surface area contributed by atoms with Crippen molar-refractivity contribution in [2.75, 3.05) is 22.1 Å². The minimum atomic E-state index is -0.258. The summed E-state index contributed by atoms with van der Waals surface area (Å²) in [5.74, 6) is -0.422. The van der Waals surface area contributed by atoms with Gasteiger partial charge in [0.05, 0.1) is 11.3 Å². The van der Waals surface area contributed by atoms with Crippen molar-refractivity contribution in [3.8, 4) is 0 Å². The summed E-state index contributed by atoms with van der Waals surface area (Å²) in [6, 6.07) is 27.1. The maximum Gasteiger partial charge on any atom is 0.265 e. The second-order valence-electron chi connectivity index (χ2n) is 7.81. The Morgan fingerprint density at radius 2 is 1.37 bits per heavy atom. The summed E-state index contributed by atoms with van der Waals surface area (Å²) in [5.41, 5.74) is 3.47. The molecule has 0 aliphatic heterocycles. The number of nitrogens with one attached hydrogen (secondary N) is 2. The summed E-state index contributed by atoms with van der Waals surface area (Å²) in [6.07, 6.45) is 0.273. The highest BCUT2D eigenvalue weighted by Crippen LogP contribution is 2.18. The minimum absolute atomic E-state index is 0.0155. The molecule has 0 unspecified atom stereocenters.